The highest BCUT2D eigenvalue weighted by molar-refractivity contribution is 6.31. The van der Waals surface area contributed by atoms with Gasteiger partial charge in [-0.15, -0.1) is 0 Å². The van der Waals surface area contributed by atoms with Crippen LogP contribution in [0.5, 0.6) is 0 Å². The number of carbonyl (C=O) groups excluding carboxylic acids is 2. The number of H-pyrrole nitrogens is 1. The first-order valence-corrected chi connectivity index (χ1v) is 13.6. The van der Waals surface area contributed by atoms with Crippen molar-refractivity contribution in [1.29, 1.82) is 0 Å². The molecule has 0 radical (unpaired) electrons. The second kappa shape index (κ2) is 11.0. The number of amides is 1. The molecule has 4 heterocycles. The fourth-order valence-corrected chi connectivity index (χ4v) is 5.97. The Morgan fingerprint density at radius 1 is 1.00 bits per heavy atom. The Kier molecular flexibility index (Phi) is 7.26. The lowest BCUT2D eigenvalue weighted by atomic mass is 9.94. The van der Waals surface area contributed by atoms with Crippen LogP contribution in [0.25, 0.3) is 21.9 Å². The minimum absolute atomic E-state index is 0.00836. The summed E-state index contributed by atoms with van der Waals surface area (Å²) in [7, 11) is 0. The maximum absolute atomic E-state index is 14.0. The molecular formula is C28H30ClN7O3. The summed E-state index contributed by atoms with van der Waals surface area (Å²) in [5, 5.41) is 21.5. The number of ketones is 1. The third-order valence-corrected chi connectivity index (χ3v) is 7.89. The van der Waals surface area contributed by atoms with Crippen LogP contribution in [0.1, 0.15) is 27.2 Å². The summed E-state index contributed by atoms with van der Waals surface area (Å²) in [6.45, 7) is 4.87. The minimum atomic E-state index is 0.00836. The third kappa shape index (κ3) is 5.25. The topological polar surface area (TPSA) is 119 Å². The maximum Gasteiger partial charge on any atom is 0.255 e. The van der Waals surface area contributed by atoms with Crippen LogP contribution in [0, 0.1) is 0 Å². The predicted octanol–water partition coefficient (Wildman–Crippen LogP) is 2.08. The zero-order valence-electron chi connectivity index (χ0n) is 21.6. The normalized spacial score (nSPS) is 16.6. The Labute approximate surface area is 230 Å². The van der Waals surface area contributed by atoms with Gasteiger partial charge in [0.15, 0.2) is 5.78 Å². The number of nitrogens with one attached hydrogen (secondary N) is 1. The molecule has 11 heteroatoms. The Morgan fingerprint density at radius 3 is 2.64 bits per heavy atom. The molecule has 4 aromatic rings. The van der Waals surface area contributed by atoms with Crippen molar-refractivity contribution < 1.29 is 14.7 Å². The molecule has 0 aliphatic carbocycles. The minimum Gasteiger partial charge on any atom is -0.395 e. The van der Waals surface area contributed by atoms with Crippen molar-refractivity contribution in [3.05, 3.63) is 63.8 Å². The van der Waals surface area contributed by atoms with Gasteiger partial charge in [0.2, 0.25) is 0 Å². The van der Waals surface area contributed by atoms with Gasteiger partial charge in [0.25, 0.3) is 5.91 Å². The summed E-state index contributed by atoms with van der Waals surface area (Å²) in [5.41, 5.74) is 5.39. The maximum atomic E-state index is 14.0. The van der Waals surface area contributed by atoms with Crippen molar-refractivity contribution in [1.82, 2.24) is 35.1 Å². The molecule has 0 spiro atoms. The van der Waals surface area contributed by atoms with E-state index in [1.165, 1.54) is 0 Å². The standard InChI is InChI=1S/C28H30ClN7O3/c29-19-13-18(27-25(15-19)31-33-32-27)14-20(38)16-35-6-5-24-22(17-35)26(21-3-1-2-4-23(21)30-24)28(39)36-9-7-34(8-10-36)11-12-37/h1-4,13,15,37H,5-12,14,16-17H2,(H,31,32,33). The molecule has 2 aliphatic rings. The Hall–Kier alpha value is -3.44. The molecule has 2 aliphatic heterocycles. The molecule has 0 atom stereocenters. The number of rotatable bonds is 7. The number of pyridine rings is 1. The van der Waals surface area contributed by atoms with E-state index < -0.39 is 0 Å². The molecule has 1 fully saturated rings. The molecule has 2 aromatic carbocycles. The van der Waals surface area contributed by atoms with Crippen molar-refractivity contribution in [3.63, 3.8) is 0 Å². The van der Waals surface area contributed by atoms with Gasteiger partial charge in [-0.25, -0.2) is 0 Å². The molecule has 0 unspecified atom stereocenters. The number of β-amino-alcohol motifs (C(OH)–C–C–N with tert-alkyl or cyclic N) is 1. The van der Waals surface area contributed by atoms with Crippen LogP contribution in [0.2, 0.25) is 5.02 Å². The van der Waals surface area contributed by atoms with E-state index in [0.717, 1.165) is 40.8 Å². The number of hydrogen-bond donors (Lipinski definition) is 2. The highest BCUT2D eigenvalue weighted by atomic mass is 35.5. The van der Waals surface area contributed by atoms with Gasteiger partial charge in [-0.05, 0) is 23.8 Å². The van der Waals surface area contributed by atoms with Crippen LogP contribution in [0.4, 0.5) is 0 Å². The quantitative estimate of drug-likeness (QED) is 0.361. The number of benzene rings is 2. The number of aliphatic hydroxyl groups is 1. The molecule has 1 saturated heterocycles. The van der Waals surface area contributed by atoms with E-state index in [0.29, 0.717) is 60.8 Å². The van der Waals surface area contributed by atoms with Crippen LogP contribution in [-0.4, -0.2) is 104 Å². The molecule has 1 amide bonds. The molecule has 2 N–H and O–H groups in total. The average Bonchev–Trinajstić information content (AvgIpc) is 3.41. The monoisotopic (exact) mass is 547 g/mol. The number of nitrogens with zero attached hydrogens (tertiary/aromatic N) is 6. The van der Waals surface area contributed by atoms with E-state index in [9.17, 15) is 14.7 Å². The molecule has 0 saturated carbocycles. The zero-order valence-corrected chi connectivity index (χ0v) is 22.3. The van der Waals surface area contributed by atoms with E-state index in [4.69, 9.17) is 16.6 Å². The first-order chi connectivity index (χ1) is 19.0. The highest BCUT2D eigenvalue weighted by Gasteiger charge is 2.30. The number of carbonyl (C=O) groups is 2. The van der Waals surface area contributed by atoms with Gasteiger partial charge in [0, 0.05) is 80.3 Å². The van der Waals surface area contributed by atoms with Crippen LogP contribution in [-0.2, 0) is 24.2 Å². The molecule has 6 rings (SSSR count). The smallest absolute Gasteiger partial charge is 0.255 e. The van der Waals surface area contributed by atoms with Crippen molar-refractivity contribution in [2.45, 2.75) is 19.4 Å². The van der Waals surface area contributed by atoms with Gasteiger partial charge in [0.1, 0.15) is 11.0 Å². The lowest BCUT2D eigenvalue weighted by Crippen LogP contribution is -2.49. The van der Waals surface area contributed by atoms with Crippen LogP contribution < -0.4 is 0 Å². The number of aliphatic hydroxyl groups excluding tert-OH is 1. The van der Waals surface area contributed by atoms with Gasteiger partial charge in [0.05, 0.1) is 24.2 Å². The van der Waals surface area contributed by atoms with Crippen molar-refractivity contribution in [3.8, 4) is 0 Å². The number of halogens is 1. The fourth-order valence-electron chi connectivity index (χ4n) is 5.73. The SMILES string of the molecule is O=C(Cc1cc(Cl)cc2n[nH]nc12)CN1CCc2nc3ccccc3c(C(=O)N3CCN(CCO)CC3)c2C1. The molecule has 202 valence electrons. The van der Waals surface area contributed by atoms with E-state index in [-0.39, 0.29) is 31.3 Å². The number of para-hydroxylation sites is 1. The number of aromatic nitrogens is 4. The number of hydrogen-bond acceptors (Lipinski definition) is 8. The van der Waals surface area contributed by atoms with Crippen LogP contribution in [0.15, 0.2) is 36.4 Å². The number of piperazine rings is 1. The number of aromatic amines is 1. The average molecular weight is 548 g/mol. The lowest BCUT2D eigenvalue weighted by molar-refractivity contribution is -0.119. The highest BCUT2D eigenvalue weighted by Crippen LogP contribution is 2.30. The molecular weight excluding hydrogens is 518 g/mol. The first kappa shape index (κ1) is 25.8. The fraction of sp³-hybridized carbons (Fsp3) is 0.393. The van der Waals surface area contributed by atoms with E-state index in [2.05, 4.69) is 25.2 Å². The Morgan fingerprint density at radius 2 is 1.82 bits per heavy atom. The van der Waals surface area contributed by atoms with E-state index >= 15 is 0 Å². The van der Waals surface area contributed by atoms with E-state index in [1.54, 1.807) is 12.1 Å². The molecule has 10 nitrogen and oxygen atoms in total. The largest absolute Gasteiger partial charge is 0.395 e. The van der Waals surface area contributed by atoms with E-state index in [1.807, 2.05) is 29.2 Å². The van der Waals surface area contributed by atoms with Crippen molar-refractivity contribution in [2.75, 3.05) is 52.4 Å². The second-order valence-corrected chi connectivity index (χ2v) is 10.7. The van der Waals surface area contributed by atoms with Crippen molar-refractivity contribution >= 4 is 45.2 Å². The van der Waals surface area contributed by atoms with Gasteiger partial charge >= 0.3 is 0 Å². The summed E-state index contributed by atoms with van der Waals surface area (Å²) < 4.78 is 0. The number of fused-ring (bicyclic) bond motifs is 3. The Bertz CT molecular complexity index is 1550. The summed E-state index contributed by atoms with van der Waals surface area (Å²) in [6, 6.07) is 11.3. The van der Waals surface area contributed by atoms with Gasteiger partial charge < -0.3 is 10.0 Å². The van der Waals surface area contributed by atoms with Gasteiger partial charge in [-0.3, -0.25) is 24.4 Å². The van der Waals surface area contributed by atoms with Gasteiger partial charge in [-0.1, -0.05) is 29.8 Å². The number of Topliss-reactive ketones (excluding diaryl/α,β-unsaturated/α-hetero) is 1. The lowest BCUT2D eigenvalue weighted by Gasteiger charge is -2.36. The second-order valence-electron chi connectivity index (χ2n) is 10.2. The summed E-state index contributed by atoms with van der Waals surface area (Å²) in [4.78, 5) is 38.2. The zero-order chi connectivity index (χ0) is 26.9. The Balaban J connectivity index is 1.24. The van der Waals surface area contributed by atoms with Crippen LogP contribution in [0.3, 0.4) is 0 Å². The first-order valence-electron chi connectivity index (χ1n) is 13.3. The summed E-state index contributed by atoms with van der Waals surface area (Å²) in [5.74, 6) is 0.0562. The predicted molar refractivity (Wildman–Crippen MR) is 148 cm³/mol. The van der Waals surface area contributed by atoms with Gasteiger partial charge in [-0.2, -0.15) is 15.4 Å². The molecule has 2 aromatic heterocycles. The molecule has 39 heavy (non-hydrogen) atoms. The third-order valence-electron chi connectivity index (χ3n) is 7.67. The van der Waals surface area contributed by atoms with Crippen LogP contribution >= 0.6 is 11.6 Å². The summed E-state index contributed by atoms with van der Waals surface area (Å²) >= 11 is 6.23. The molecule has 0 bridgehead atoms. The van der Waals surface area contributed by atoms with Crippen molar-refractivity contribution in [2.24, 2.45) is 0 Å². The summed E-state index contributed by atoms with van der Waals surface area (Å²) in [6.07, 6.45) is 0.871.